The highest BCUT2D eigenvalue weighted by molar-refractivity contribution is 5.87. The summed E-state index contributed by atoms with van der Waals surface area (Å²) in [5.74, 6) is 0.557. The van der Waals surface area contributed by atoms with E-state index in [2.05, 4.69) is 11.9 Å². The molecule has 0 aromatic heterocycles. The number of carboxylic acids is 1. The van der Waals surface area contributed by atoms with Gasteiger partial charge in [-0.1, -0.05) is 0 Å². The van der Waals surface area contributed by atoms with Crippen molar-refractivity contribution in [2.45, 2.75) is 31.8 Å². The van der Waals surface area contributed by atoms with Crippen molar-refractivity contribution in [1.82, 2.24) is 9.80 Å². The topological polar surface area (TPSA) is 70.1 Å². The van der Waals surface area contributed by atoms with Crippen molar-refractivity contribution < 1.29 is 19.4 Å². The molecule has 0 unspecified atom stereocenters. The smallest absolute Gasteiger partial charge is 0.335 e. The third-order valence-electron chi connectivity index (χ3n) is 5.09. The molecule has 0 spiro atoms. The third-order valence-corrected chi connectivity index (χ3v) is 5.09. The number of ether oxygens (including phenoxy) is 1. The maximum absolute atomic E-state index is 12.3. The molecule has 25 heavy (non-hydrogen) atoms. The van der Waals surface area contributed by atoms with Crippen LogP contribution in [0, 0.1) is 5.92 Å². The lowest BCUT2D eigenvalue weighted by atomic mass is 9.93. The molecule has 1 aromatic rings. The fourth-order valence-electron chi connectivity index (χ4n) is 3.58. The summed E-state index contributed by atoms with van der Waals surface area (Å²) >= 11 is 0. The summed E-state index contributed by atoms with van der Waals surface area (Å²) in [6.07, 6.45) is 4.06. The molecule has 0 aliphatic carbocycles. The van der Waals surface area contributed by atoms with E-state index >= 15 is 0 Å². The molecule has 2 aliphatic rings. The van der Waals surface area contributed by atoms with Gasteiger partial charge in [-0.15, -0.1) is 0 Å². The zero-order valence-corrected chi connectivity index (χ0v) is 14.7. The zero-order chi connectivity index (χ0) is 17.8. The van der Waals surface area contributed by atoms with Gasteiger partial charge < -0.3 is 19.6 Å². The van der Waals surface area contributed by atoms with Gasteiger partial charge in [0.1, 0.15) is 11.9 Å². The minimum Gasteiger partial charge on any atom is -0.487 e. The van der Waals surface area contributed by atoms with Crippen molar-refractivity contribution in [2.75, 3.05) is 33.2 Å². The quantitative estimate of drug-likeness (QED) is 0.854. The van der Waals surface area contributed by atoms with Gasteiger partial charge in [0, 0.05) is 13.0 Å². The first kappa shape index (κ1) is 17.7. The Bertz CT molecular complexity index is 610. The van der Waals surface area contributed by atoms with Gasteiger partial charge in [0.2, 0.25) is 5.91 Å². The van der Waals surface area contributed by atoms with E-state index in [0.717, 1.165) is 13.0 Å². The summed E-state index contributed by atoms with van der Waals surface area (Å²) in [6.45, 7) is 3.50. The van der Waals surface area contributed by atoms with Crippen LogP contribution in [0.1, 0.15) is 36.0 Å². The predicted molar refractivity (Wildman–Crippen MR) is 93.9 cm³/mol. The minimum atomic E-state index is -0.948. The number of aromatic carboxylic acids is 1. The molecule has 1 aromatic carbocycles. The number of piperidine rings is 1. The van der Waals surface area contributed by atoms with Crippen LogP contribution < -0.4 is 4.74 Å². The Morgan fingerprint density at radius 3 is 2.56 bits per heavy atom. The molecule has 0 bridgehead atoms. The number of hydrogen-bond donors (Lipinski definition) is 1. The normalized spacial score (nSPS) is 21.6. The molecule has 1 atom stereocenters. The zero-order valence-electron chi connectivity index (χ0n) is 14.7. The van der Waals surface area contributed by atoms with Crippen LogP contribution in [-0.2, 0) is 4.79 Å². The Hall–Kier alpha value is -2.08. The van der Waals surface area contributed by atoms with Gasteiger partial charge in [0.25, 0.3) is 0 Å². The molecule has 136 valence electrons. The van der Waals surface area contributed by atoms with E-state index in [0.29, 0.717) is 31.2 Å². The van der Waals surface area contributed by atoms with Gasteiger partial charge in [0.05, 0.1) is 18.7 Å². The Labute approximate surface area is 148 Å². The van der Waals surface area contributed by atoms with Crippen molar-refractivity contribution in [3.63, 3.8) is 0 Å². The molecular weight excluding hydrogens is 320 g/mol. The van der Waals surface area contributed by atoms with Crippen molar-refractivity contribution >= 4 is 11.9 Å². The number of carbonyl (C=O) groups is 2. The fraction of sp³-hybridized carbons (Fsp3) is 0.579. The summed E-state index contributed by atoms with van der Waals surface area (Å²) in [4.78, 5) is 27.3. The van der Waals surface area contributed by atoms with Crippen molar-refractivity contribution in [1.29, 1.82) is 0 Å². The number of amides is 1. The number of carbonyl (C=O) groups excluding carboxylic acids is 1. The van der Waals surface area contributed by atoms with Gasteiger partial charge >= 0.3 is 5.97 Å². The van der Waals surface area contributed by atoms with Gasteiger partial charge in [-0.2, -0.15) is 0 Å². The second kappa shape index (κ2) is 7.87. The van der Waals surface area contributed by atoms with Crippen LogP contribution in [0.2, 0.25) is 0 Å². The lowest BCUT2D eigenvalue weighted by Crippen LogP contribution is -2.56. The summed E-state index contributed by atoms with van der Waals surface area (Å²) in [7, 11) is 2.15. The second-order valence-electron chi connectivity index (χ2n) is 7.18. The van der Waals surface area contributed by atoms with Crippen molar-refractivity contribution in [3.8, 4) is 5.75 Å². The molecule has 6 heteroatoms. The van der Waals surface area contributed by atoms with Crippen molar-refractivity contribution in [2.24, 2.45) is 5.92 Å². The van der Waals surface area contributed by atoms with E-state index in [-0.39, 0.29) is 17.6 Å². The average molecular weight is 346 g/mol. The molecule has 2 fully saturated rings. The molecule has 3 rings (SSSR count). The largest absolute Gasteiger partial charge is 0.487 e. The highest BCUT2D eigenvalue weighted by atomic mass is 16.5. The maximum Gasteiger partial charge on any atom is 0.335 e. The Kier molecular flexibility index (Phi) is 5.58. The van der Waals surface area contributed by atoms with Gasteiger partial charge in [0.15, 0.2) is 0 Å². The third kappa shape index (κ3) is 4.72. The molecule has 0 saturated carbocycles. The van der Waals surface area contributed by atoms with Gasteiger partial charge in [-0.25, -0.2) is 4.79 Å². The number of nitrogens with zero attached hydrogens (tertiary/aromatic N) is 2. The maximum atomic E-state index is 12.3. The molecule has 6 nitrogen and oxygen atoms in total. The number of hydrogen-bond acceptors (Lipinski definition) is 4. The van der Waals surface area contributed by atoms with E-state index in [4.69, 9.17) is 9.84 Å². The Morgan fingerprint density at radius 1 is 1.20 bits per heavy atom. The highest BCUT2D eigenvalue weighted by Gasteiger charge is 2.32. The van der Waals surface area contributed by atoms with E-state index < -0.39 is 5.97 Å². The second-order valence-corrected chi connectivity index (χ2v) is 7.18. The standard InChI is InChI=1S/C19H26N2O4/c1-20-10-2-3-14(11-20)4-9-18(22)21-12-17(13-21)25-16-7-5-15(6-8-16)19(23)24/h5-8,14,17H,2-4,9-13H2,1H3,(H,23,24)/t14-/m0/s1. The van der Waals surface area contributed by atoms with Crippen LogP contribution in [-0.4, -0.2) is 66.1 Å². The lowest BCUT2D eigenvalue weighted by molar-refractivity contribution is -0.140. The average Bonchev–Trinajstić information content (AvgIpc) is 2.56. The van der Waals surface area contributed by atoms with Crippen LogP contribution in [0.5, 0.6) is 5.75 Å². The Morgan fingerprint density at radius 2 is 1.92 bits per heavy atom. The van der Waals surface area contributed by atoms with Gasteiger partial charge in [-0.05, 0) is 63.0 Å². The summed E-state index contributed by atoms with van der Waals surface area (Å²) in [5, 5.41) is 8.88. The molecule has 2 aliphatic heterocycles. The molecule has 1 N–H and O–H groups in total. The number of carboxylic acid groups (broad SMARTS) is 1. The van der Waals surface area contributed by atoms with E-state index in [9.17, 15) is 9.59 Å². The van der Waals surface area contributed by atoms with Gasteiger partial charge in [-0.3, -0.25) is 4.79 Å². The number of benzene rings is 1. The predicted octanol–water partition coefficient (Wildman–Crippen LogP) is 2.10. The Balaban J connectivity index is 1.37. The number of likely N-dealkylation sites (tertiary alicyclic amines) is 2. The summed E-state index contributed by atoms with van der Waals surface area (Å²) in [6, 6.07) is 6.38. The fourth-order valence-corrected chi connectivity index (χ4v) is 3.58. The summed E-state index contributed by atoms with van der Waals surface area (Å²) < 4.78 is 5.78. The number of rotatable bonds is 6. The van der Waals surface area contributed by atoms with Crippen molar-refractivity contribution in [3.05, 3.63) is 29.8 Å². The first-order valence-electron chi connectivity index (χ1n) is 8.97. The first-order chi connectivity index (χ1) is 12.0. The van der Waals surface area contributed by atoms with E-state index in [1.807, 2.05) is 4.90 Å². The molecule has 2 saturated heterocycles. The van der Waals surface area contributed by atoms with Crippen LogP contribution in [0.4, 0.5) is 0 Å². The van der Waals surface area contributed by atoms with Crippen LogP contribution in [0.15, 0.2) is 24.3 Å². The minimum absolute atomic E-state index is 0.000409. The first-order valence-corrected chi connectivity index (χ1v) is 8.97. The monoisotopic (exact) mass is 346 g/mol. The van der Waals surface area contributed by atoms with E-state index in [1.165, 1.54) is 31.5 Å². The molecule has 2 heterocycles. The van der Waals surface area contributed by atoms with Crippen LogP contribution in [0.25, 0.3) is 0 Å². The van der Waals surface area contributed by atoms with E-state index in [1.54, 1.807) is 12.1 Å². The molecule has 1 amide bonds. The lowest BCUT2D eigenvalue weighted by Gasteiger charge is -2.39. The molecular formula is C19H26N2O4. The molecule has 0 radical (unpaired) electrons. The van der Waals surface area contributed by atoms with Crippen LogP contribution in [0.3, 0.4) is 0 Å². The summed E-state index contributed by atoms with van der Waals surface area (Å²) in [5.41, 5.74) is 0.242. The highest BCUT2D eigenvalue weighted by Crippen LogP contribution is 2.23. The SMILES string of the molecule is CN1CCC[C@@H](CCC(=O)N2CC(Oc3ccc(C(=O)O)cc3)C2)C1. The van der Waals surface area contributed by atoms with Crippen LogP contribution >= 0.6 is 0 Å².